The standard InChI is InChI=1S/C24H29N7O2/c1-15-18-14-27-24(28-21-19(8-5-9-26-21)30-12-10-25-11-13-30)29-22(18)31(17-6-3-4-7-17)23(33)20(15)16(2)32/h5,8-9,14,17,25H,3-4,6-7,10-13H2,1-2H3,(H,26,27,28,29). The van der Waals surface area contributed by atoms with Crippen molar-refractivity contribution in [3.05, 3.63) is 46.0 Å². The second kappa shape index (κ2) is 8.90. The zero-order valence-corrected chi connectivity index (χ0v) is 19.1. The van der Waals surface area contributed by atoms with E-state index >= 15 is 0 Å². The molecule has 3 aromatic rings. The van der Waals surface area contributed by atoms with Crippen LogP contribution in [0.25, 0.3) is 11.0 Å². The topological polar surface area (TPSA) is 105 Å². The molecule has 0 bridgehead atoms. The molecular formula is C24H29N7O2. The number of rotatable bonds is 5. The van der Waals surface area contributed by atoms with Crippen LogP contribution in [-0.2, 0) is 0 Å². The third kappa shape index (κ3) is 3.97. The Kier molecular flexibility index (Phi) is 5.80. The maximum atomic E-state index is 13.4. The summed E-state index contributed by atoms with van der Waals surface area (Å²) >= 11 is 0. The normalized spacial score (nSPS) is 17.0. The summed E-state index contributed by atoms with van der Waals surface area (Å²) in [5, 5.41) is 7.38. The molecule has 0 radical (unpaired) electrons. The third-order valence-electron chi connectivity index (χ3n) is 6.72. The summed E-state index contributed by atoms with van der Waals surface area (Å²) in [4.78, 5) is 41.8. The fourth-order valence-electron chi connectivity index (χ4n) is 5.07. The molecule has 2 fully saturated rings. The van der Waals surface area contributed by atoms with Crippen molar-refractivity contribution in [2.75, 3.05) is 36.4 Å². The van der Waals surface area contributed by atoms with Crippen LogP contribution in [0.15, 0.2) is 29.3 Å². The predicted molar refractivity (Wildman–Crippen MR) is 129 cm³/mol. The highest BCUT2D eigenvalue weighted by Gasteiger charge is 2.26. The summed E-state index contributed by atoms with van der Waals surface area (Å²) in [7, 11) is 0. The number of aryl methyl sites for hydroxylation is 1. The highest BCUT2D eigenvalue weighted by atomic mass is 16.1. The number of ketones is 1. The largest absolute Gasteiger partial charge is 0.366 e. The maximum Gasteiger partial charge on any atom is 0.263 e. The van der Waals surface area contributed by atoms with Crippen LogP contribution in [0.1, 0.15) is 54.6 Å². The molecule has 33 heavy (non-hydrogen) atoms. The lowest BCUT2D eigenvalue weighted by Gasteiger charge is -2.30. The van der Waals surface area contributed by atoms with E-state index in [9.17, 15) is 9.59 Å². The molecule has 1 saturated carbocycles. The van der Waals surface area contributed by atoms with Gasteiger partial charge >= 0.3 is 0 Å². The second-order valence-corrected chi connectivity index (χ2v) is 8.83. The van der Waals surface area contributed by atoms with E-state index in [4.69, 9.17) is 4.98 Å². The average molecular weight is 448 g/mol. The number of piperazine rings is 1. The van der Waals surface area contributed by atoms with Crippen LogP contribution in [0.4, 0.5) is 17.5 Å². The Labute approximate surface area is 192 Å². The smallest absolute Gasteiger partial charge is 0.263 e. The van der Waals surface area contributed by atoms with E-state index in [2.05, 4.69) is 25.5 Å². The van der Waals surface area contributed by atoms with Crippen LogP contribution in [0.3, 0.4) is 0 Å². The van der Waals surface area contributed by atoms with Crippen LogP contribution in [0, 0.1) is 6.92 Å². The van der Waals surface area contributed by atoms with Gasteiger partial charge in [-0.25, -0.2) is 9.97 Å². The van der Waals surface area contributed by atoms with Gasteiger partial charge in [-0.05, 0) is 44.4 Å². The highest BCUT2D eigenvalue weighted by molar-refractivity contribution is 5.99. The highest BCUT2D eigenvalue weighted by Crippen LogP contribution is 2.32. The first-order valence-corrected chi connectivity index (χ1v) is 11.6. The minimum absolute atomic E-state index is 0.0488. The summed E-state index contributed by atoms with van der Waals surface area (Å²) in [6.45, 7) is 6.89. The lowest BCUT2D eigenvalue weighted by molar-refractivity contribution is 0.101. The Balaban J connectivity index is 1.61. The minimum atomic E-state index is -0.247. The van der Waals surface area contributed by atoms with Gasteiger partial charge in [0.05, 0.1) is 11.3 Å². The number of carbonyl (C=O) groups is 1. The average Bonchev–Trinajstić information content (AvgIpc) is 3.34. The van der Waals surface area contributed by atoms with Crippen molar-refractivity contribution in [1.82, 2.24) is 24.8 Å². The number of nitrogens with zero attached hydrogens (tertiary/aromatic N) is 5. The van der Waals surface area contributed by atoms with Gasteiger partial charge in [-0.3, -0.25) is 14.2 Å². The van der Waals surface area contributed by atoms with E-state index in [1.165, 1.54) is 6.92 Å². The number of nitrogens with one attached hydrogen (secondary N) is 2. The number of anilines is 3. The van der Waals surface area contributed by atoms with E-state index in [0.717, 1.165) is 62.9 Å². The Morgan fingerprint density at radius 2 is 1.94 bits per heavy atom. The van der Waals surface area contributed by atoms with E-state index in [1.807, 2.05) is 12.1 Å². The lowest BCUT2D eigenvalue weighted by atomic mass is 10.0. The first-order valence-electron chi connectivity index (χ1n) is 11.6. The summed E-state index contributed by atoms with van der Waals surface area (Å²) in [5.74, 6) is 0.854. The minimum Gasteiger partial charge on any atom is -0.366 e. The van der Waals surface area contributed by atoms with Gasteiger partial charge in [-0.2, -0.15) is 4.98 Å². The molecular weight excluding hydrogens is 418 g/mol. The third-order valence-corrected chi connectivity index (χ3v) is 6.72. The van der Waals surface area contributed by atoms with Crippen molar-refractivity contribution < 1.29 is 4.79 Å². The number of aromatic nitrogens is 4. The summed E-state index contributed by atoms with van der Waals surface area (Å²) in [6.07, 6.45) is 7.42. The summed E-state index contributed by atoms with van der Waals surface area (Å²) in [6, 6.07) is 4.01. The quantitative estimate of drug-likeness (QED) is 0.575. The molecule has 0 spiro atoms. The molecule has 1 aliphatic heterocycles. The Morgan fingerprint density at radius 3 is 2.67 bits per heavy atom. The van der Waals surface area contributed by atoms with Crippen molar-refractivity contribution in [1.29, 1.82) is 0 Å². The molecule has 0 amide bonds. The Morgan fingerprint density at radius 1 is 1.18 bits per heavy atom. The zero-order valence-electron chi connectivity index (χ0n) is 19.1. The number of Topliss-reactive ketones (excluding diaryl/α,β-unsaturated/α-hetero) is 1. The van der Waals surface area contributed by atoms with Crippen LogP contribution in [0.5, 0.6) is 0 Å². The van der Waals surface area contributed by atoms with Gasteiger partial charge in [-0.15, -0.1) is 0 Å². The SMILES string of the molecule is CC(=O)c1c(C)c2cnc(Nc3ncccc3N3CCNCC3)nc2n(C2CCCC2)c1=O. The number of pyridine rings is 2. The number of hydrogen-bond acceptors (Lipinski definition) is 8. The van der Waals surface area contributed by atoms with Crippen molar-refractivity contribution in [3.8, 4) is 0 Å². The van der Waals surface area contributed by atoms with E-state index in [-0.39, 0.29) is 22.9 Å². The molecule has 172 valence electrons. The Hall–Kier alpha value is -3.33. The number of fused-ring (bicyclic) bond motifs is 1. The molecule has 0 unspecified atom stereocenters. The summed E-state index contributed by atoms with van der Waals surface area (Å²) < 4.78 is 1.73. The monoisotopic (exact) mass is 447 g/mol. The lowest BCUT2D eigenvalue weighted by Crippen LogP contribution is -2.43. The molecule has 2 aliphatic rings. The Bertz CT molecular complexity index is 1260. The van der Waals surface area contributed by atoms with Crippen LogP contribution in [-0.4, -0.2) is 51.5 Å². The van der Waals surface area contributed by atoms with Crippen LogP contribution >= 0.6 is 0 Å². The van der Waals surface area contributed by atoms with Crippen molar-refractivity contribution in [3.63, 3.8) is 0 Å². The van der Waals surface area contributed by atoms with Gasteiger partial charge < -0.3 is 15.5 Å². The van der Waals surface area contributed by atoms with Gasteiger partial charge in [0.25, 0.3) is 5.56 Å². The van der Waals surface area contributed by atoms with Crippen molar-refractivity contribution in [2.45, 2.75) is 45.6 Å². The zero-order chi connectivity index (χ0) is 22.9. The molecule has 3 aromatic heterocycles. The molecule has 9 nitrogen and oxygen atoms in total. The fraction of sp³-hybridized carbons (Fsp3) is 0.458. The van der Waals surface area contributed by atoms with E-state index in [1.54, 1.807) is 23.9 Å². The molecule has 1 saturated heterocycles. The second-order valence-electron chi connectivity index (χ2n) is 8.83. The molecule has 0 aromatic carbocycles. The summed E-state index contributed by atoms with van der Waals surface area (Å²) in [5.41, 5.74) is 2.21. The van der Waals surface area contributed by atoms with Gasteiger partial charge in [-0.1, -0.05) is 12.8 Å². The number of carbonyl (C=O) groups excluding carboxylic acids is 1. The molecule has 4 heterocycles. The van der Waals surface area contributed by atoms with Crippen LogP contribution < -0.4 is 21.1 Å². The first-order chi connectivity index (χ1) is 16.0. The van der Waals surface area contributed by atoms with Gasteiger partial charge in [0, 0.05) is 50.0 Å². The van der Waals surface area contributed by atoms with Crippen LogP contribution in [0.2, 0.25) is 0 Å². The van der Waals surface area contributed by atoms with E-state index < -0.39 is 0 Å². The van der Waals surface area contributed by atoms with Gasteiger partial charge in [0.15, 0.2) is 11.6 Å². The molecule has 9 heteroatoms. The number of hydrogen-bond donors (Lipinski definition) is 2. The first kappa shape index (κ1) is 21.5. The predicted octanol–water partition coefficient (Wildman–Crippen LogP) is 2.97. The van der Waals surface area contributed by atoms with Gasteiger partial charge in [0.1, 0.15) is 5.65 Å². The molecule has 5 rings (SSSR count). The molecule has 2 N–H and O–H groups in total. The van der Waals surface area contributed by atoms with E-state index in [0.29, 0.717) is 23.0 Å². The van der Waals surface area contributed by atoms with Crippen molar-refractivity contribution in [2.24, 2.45) is 0 Å². The maximum absolute atomic E-state index is 13.4. The van der Waals surface area contributed by atoms with Gasteiger partial charge in [0.2, 0.25) is 5.95 Å². The van der Waals surface area contributed by atoms with Crippen molar-refractivity contribution >= 4 is 34.3 Å². The molecule has 1 aliphatic carbocycles. The molecule has 0 atom stereocenters. The fourth-order valence-corrected chi connectivity index (χ4v) is 5.07.